The molecule has 3 heteroatoms. The van der Waals surface area contributed by atoms with Gasteiger partial charge < -0.3 is 11.1 Å². The van der Waals surface area contributed by atoms with Crippen molar-refractivity contribution < 1.29 is 0 Å². The van der Waals surface area contributed by atoms with Crippen molar-refractivity contribution in [3.63, 3.8) is 0 Å². The normalized spacial score (nSPS) is 12.1. The second kappa shape index (κ2) is 5.34. The Kier molecular flexibility index (Phi) is 3.60. The largest absolute Gasteiger partial charge is 0.384 e. The Labute approximate surface area is 102 Å². The van der Waals surface area contributed by atoms with Crippen LogP contribution in [0.2, 0.25) is 0 Å². The van der Waals surface area contributed by atoms with E-state index in [2.05, 4.69) is 41.5 Å². The van der Waals surface area contributed by atoms with Crippen LogP contribution >= 0.6 is 0 Å². The fraction of sp³-hybridized carbons (Fsp3) is 0.214. The number of aromatic nitrogens is 1. The molecule has 1 atom stereocenters. The molecule has 88 valence electrons. The molecule has 0 aliphatic heterocycles. The minimum Gasteiger partial charge on any atom is -0.384 e. The smallest absolute Gasteiger partial charge is 0.123 e. The fourth-order valence-corrected chi connectivity index (χ4v) is 1.68. The summed E-state index contributed by atoms with van der Waals surface area (Å²) in [7, 11) is 0. The van der Waals surface area contributed by atoms with E-state index in [4.69, 9.17) is 5.73 Å². The van der Waals surface area contributed by atoms with Gasteiger partial charge in [-0.2, -0.15) is 0 Å². The van der Waals surface area contributed by atoms with Crippen LogP contribution in [0.15, 0.2) is 48.7 Å². The molecule has 17 heavy (non-hydrogen) atoms. The molecule has 0 radical (unpaired) electrons. The van der Waals surface area contributed by atoms with Gasteiger partial charge in [-0.1, -0.05) is 37.3 Å². The van der Waals surface area contributed by atoms with Crippen LogP contribution < -0.4 is 11.1 Å². The lowest BCUT2D eigenvalue weighted by atomic mass is 10.0. The van der Waals surface area contributed by atoms with Crippen molar-refractivity contribution >= 4 is 11.5 Å². The number of hydrogen-bond acceptors (Lipinski definition) is 3. The fourth-order valence-electron chi connectivity index (χ4n) is 1.68. The zero-order valence-corrected chi connectivity index (χ0v) is 9.93. The van der Waals surface area contributed by atoms with E-state index in [-0.39, 0.29) is 0 Å². The number of hydrogen-bond donors (Lipinski definition) is 2. The molecular weight excluding hydrogens is 210 g/mol. The number of nitrogens with one attached hydrogen (secondary N) is 1. The molecule has 0 saturated carbocycles. The number of pyridine rings is 1. The molecule has 0 fully saturated rings. The summed E-state index contributed by atoms with van der Waals surface area (Å²) in [5.74, 6) is 1.01. The maximum absolute atomic E-state index is 5.53. The summed E-state index contributed by atoms with van der Waals surface area (Å²) in [5, 5.41) is 3.35. The Morgan fingerprint density at radius 2 is 1.94 bits per heavy atom. The first-order valence-corrected chi connectivity index (χ1v) is 5.76. The van der Waals surface area contributed by atoms with Crippen LogP contribution in [0.4, 0.5) is 11.5 Å². The van der Waals surface area contributed by atoms with E-state index in [1.165, 1.54) is 5.56 Å². The van der Waals surface area contributed by atoms with Crippen LogP contribution in [0.3, 0.4) is 0 Å². The molecule has 0 amide bonds. The summed E-state index contributed by atoms with van der Waals surface area (Å²) in [4.78, 5) is 4.05. The SMILES string of the molecule is CC(CNc1ccc(N)nc1)c1ccccc1. The number of rotatable bonds is 4. The number of nitrogens with zero attached hydrogens (tertiary/aromatic N) is 1. The first-order chi connectivity index (χ1) is 8.25. The Morgan fingerprint density at radius 1 is 1.18 bits per heavy atom. The van der Waals surface area contributed by atoms with Crippen LogP contribution in [-0.4, -0.2) is 11.5 Å². The lowest BCUT2D eigenvalue weighted by Crippen LogP contribution is -2.09. The van der Waals surface area contributed by atoms with Gasteiger partial charge in [0, 0.05) is 6.54 Å². The molecule has 1 aromatic carbocycles. The third kappa shape index (κ3) is 3.21. The zero-order chi connectivity index (χ0) is 12.1. The summed E-state index contributed by atoms with van der Waals surface area (Å²) >= 11 is 0. The number of anilines is 2. The first-order valence-electron chi connectivity index (χ1n) is 5.76. The van der Waals surface area contributed by atoms with E-state index in [0.717, 1.165) is 12.2 Å². The van der Waals surface area contributed by atoms with Gasteiger partial charge in [0.2, 0.25) is 0 Å². The molecule has 1 heterocycles. The Balaban J connectivity index is 1.92. The van der Waals surface area contributed by atoms with Crippen molar-refractivity contribution in [3.05, 3.63) is 54.2 Å². The Bertz CT molecular complexity index is 451. The summed E-state index contributed by atoms with van der Waals surface area (Å²) in [6.45, 7) is 3.09. The molecule has 3 nitrogen and oxygen atoms in total. The maximum atomic E-state index is 5.53. The summed E-state index contributed by atoms with van der Waals surface area (Å²) in [6, 6.07) is 14.2. The summed E-state index contributed by atoms with van der Waals surface area (Å²) in [6.07, 6.45) is 1.76. The summed E-state index contributed by atoms with van der Waals surface area (Å²) < 4.78 is 0. The van der Waals surface area contributed by atoms with Crippen molar-refractivity contribution in [2.24, 2.45) is 0 Å². The van der Waals surface area contributed by atoms with Crippen LogP contribution in [0, 0.1) is 0 Å². The van der Waals surface area contributed by atoms with Gasteiger partial charge >= 0.3 is 0 Å². The molecule has 0 bridgehead atoms. The number of nitrogens with two attached hydrogens (primary N) is 1. The average Bonchev–Trinajstić information content (AvgIpc) is 2.39. The van der Waals surface area contributed by atoms with Crippen LogP contribution in [-0.2, 0) is 0 Å². The van der Waals surface area contributed by atoms with E-state index in [1.807, 2.05) is 12.1 Å². The highest BCUT2D eigenvalue weighted by molar-refractivity contribution is 5.45. The molecule has 0 saturated heterocycles. The minimum absolute atomic E-state index is 0.466. The van der Waals surface area contributed by atoms with Crippen molar-refractivity contribution in [3.8, 4) is 0 Å². The van der Waals surface area contributed by atoms with Crippen molar-refractivity contribution in [2.45, 2.75) is 12.8 Å². The molecule has 1 unspecified atom stereocenters. The van der Waals surface area contributed by atoms with E-state index < -0.39 is 0 Å². The lowest BCUT2D eigenvalue weighted by molar-refractivity contribution is 0.804. The van der Waals surface area contributed by atoms with Gasteiger partial charge in [0.15, 0.2) is 0 Å². The number of nitrogen functional groups attached to an aromatic ring is 1. The average molecular weight is 227 g/mol. The molecule has 2 aromatic rings. The van der Waals surface area contributed by atoms with Crippen LogP contribution in [0.25, 0.3) is 0 Å². The van der Waals surface area contributed by atoms with Gasteiger partial charge in [-0.15, -0.1) is 0 Å². The standard InChI is InChI=1S/C14H17N3/c1-11(12-5-3-2-4-6-12)9-16-13-7-8-14(15)17-10-13/h2-8,10-11,16H,9H2,1H3,(H2,15,17). The number of benzene rings is 1. The topological polar surface area (TPSA) is 50.9 Å². The molecule has 3 N–H and O–H groups in total. The predicted octanol–water partition coefficient (Wildman–Crippen LogP) is 2.88. The lowest BCUT2D eigenvalue weighted by Gasteiger charge is -2.13. The van der Waals surface area contributed by atoms with Gasteiger partial charge in [-0.05, 0) is 23.6 Å². The zero-order valence-electron chi connectivity index (χ0n) is 9.93. The van der Waals surface area contributed by atoms with E-state index in [1.54, 1.807) is 12.3 Å². The summed E-state index contributed by atoms with van der Waals surface area (Å²) in [5.41, 5.74) is 7.87. The van der Waals surface area contributed by atoms with Crippen LogP contribution in [0.5, 0.6) is 0 Å². The minimum atomic E-state index is 0.466. The van der Waals surface area contributed by atoms with E-state index >= 15 is 0 Å². The van der Waals surface area contributed by atoms with E-state index in [9.17, 15) is 0 Å². The quantitative estimate of drug-likeness (QED) is 0.844. The Morgan fingerprint density at radius 3 is 2.59 bits per heavy atom. The van der Waals surface area contributed by atoms with Gasteiger partial charge in [0.05, 0.1) is 11.9 Å². The maximum Gasteiger partial charge on any atom is 0.123 e. The molecule has 0 spiro atoms. The highest BCUT2D eigenvalue weighted by Gasteiger charge is 2.04. The van der Waals surface area contributed by atoms with Gasteiger partial charge in [-0.25, -0.2) is 4.98 Å². The highest BCUT2D eigenvalue weighted by atomic mass is 14.9. The van der Waals surface area contributed by atoms with Gasteiger partial charge in [0.25, 0.3) is 0 Å². The highest BCUT2D eigenvalue weighted by Crippen LogP contribution is 2.16. The predicted molar refractivity (Wildman–Crippen MR) is 72.0 cm³/mol. The van der Waals surface area contributed by atoms with Crippen molar-refractivity contribution in [2.75, 3.05) is 17.6 Å². The molecule has 1 aromatic heterocycles. The monoisotopic (exact) mass is 227 g/mol. The molecule has 2 rings (SSSR count). The van der Waals surface area contributed by atoms with Crippen molar-refractivity contribution in [1.29, 1.82) is 0 Å². The second-order valence-corrected chi connectivity index (χ2v) is 4.16. The Hall–Kier alpha value is -2.03. The van der Waals surface area contributed by atoms with E-state index in [0.29, 0.717) is 11.7 Å². The van der Waals surface area contributed by atoms with Gasteiger partial charge in [-0.3, -0.25) is 0 Å². The van der Waals surface area contributed by atoms with Gasteiger partial charge in [0.1, 0.15) is 5.82 Å². The third-order valence-electron chi connectivity index (χ3n) is 2.77. The second-order valence-electron chi connectivity index (χ2n) is 4.16. The van der Waals surface area contributed by atoms with Crippen molar-refractivity contribution in [1.82, 2.24) is 4.98 Å². The third-order valence-corrected chi connectivity index (χ3v) is 2.77. The molecule has 0 aliphatic carbocycles. The molecular formula is C14H17N3. The first kappa shape index (κ1) is 11.5. The van der Waals surface area contributed by atoms with Crippen LogP contribution in [0.1, 0.15) is 18.4 Å². The molecule has 0 aliphatic rings.